The number of benzene rings is 1. The summed E-state index contributed by atoms with van der Waals surface area (Å²) in [4.78, 5) is 0. The summed E-state index contributed by atoms with van der Waals surface area (Å²) >= 11 is 12.7. The third-order valence-electron chi connectivity index (χ3n) is 4.82. The number of alkyl halides is 1. The second-order valence-corrected chi connectivity index (χ2v) is 7.40. The number of hydrogen-bond donors (Lipinski definition) is 0. The van der Waals surface area contributed by atoms with Gasteiger partial charge in [-0.3, -0.25) is 0 Å². The number of ether oxygens (including phenoxy) is 1. The zero-order chi connectivity index (χ0) is 15.1. The molecule has 0 bridgehead atoms. The van der Waals surface area contributed by atoms with Crippen molar-refractivity contribution in [3.8, 4) is 5.75 Å². The normalized spacial score (nSPS) is 29.4. The lowest BCUT2D eigenvalue weighted by molar-refractivity contribution is -0.0299. The average Bonchev–Trinajstić information content (AvgIpc) is 2.39. The number of hydrogen-bond acceptors (Lipinski definition) is 1. The lowest BCUT2D eigenvalue weighted by Crippen LogP contribution is -2.55. The highest BCUT2D eigenvalue weighted by Gasteiger charge is 2.51. The Kier molecular flexibility index (Phi) is 4.61. The van der Waals surface area contributed by atoms with Gasteiger partial charge >= 0.3 is 0 Å². The minimum absolute atomic E-state index is 0.0750. The van der Waals surface area contributed by atoms with Crippen LogP contribution in [-0.4, -0.2) is 11.5 Å². The first-order valence-corrected chi connectivity index (χ1v) is 8.21. The van der Waals surface area contributed by atoms with Crippen molar-refractivity contribution < 1.29 is 4.74 Å². The zero-order valence-corrected chi connectivity index (χ0v) is 14.5. The van der Waals surface area contributed by atoms with Gasteiger partial charge < -0.3 is 4.74 Å². The summed E-state index contributed by atoms with van der Waals surface area (Å²) in [5, 5.41) is 1.04. The molecular weight excluding hydrogens is 291 g/mol. The molecule has 0 radical (unpaired) electrons. The van der Waals surface area contributed by atoms with E-state index < -0.39 is 0 Å². The van der Waals surface area contributed by atoms with E-state index in [1.165, 1.54) is 0 Å². The fraction of sp³-hybridized carbons (Fsp3) is 0.647. The molecule has 0 heterocycles. The number of rotatable bonds is 4. The van der Waals surface area contributed by atoms with Crippen LogP contribution in [0.5, 0.6) is 5.75 Å². The van der Waals surface area contributed by atoms with Crippen LogP contribution in [0.4, 0.5) is 0 Å². The molecule has 0 aliphatic heterocycles. The summed E-state index contributed by atoms with van der Waals surface area (Å²) in [5.74, 6) is 1.34. The second-order valence-electron chi connectivity index (χ2n) is 6.46. The third kappa shape index (κ3) is 2.67. The van der Waals surface area contributed by atoms with Crippen LogP contribution in [0.2, 0.25) is 5.02 Å². The van der Waals surface area contributed by atoms with Crippen molar-refractivity contribution in [2.45, 2.75) is 64.9 Å². The fourth-order valence-electron chi connectivity index (χ4n) is 2.79. The highest BCUT2D eigenvalue weighted by atomic mass is 35.5. The SMILES string of the molecule is CCC1(C)C(Cl)CC1Oc1cc(C(C)C)c(Cl)cc1C. The molecule has 1 aromatic carbocycles. The molecule has 1 aliphatic rings. The highest BCUT2D eigenvalue weighted by Crippen LogP contribution is 2.49. The maximum absolute atomic E-state index is 6.36. The van der Waals surface area contributed by atoms with Gasteiger partial charge in [0.05, 0.1) is 0 Å². The molecular formula is C17H24Cl2O. The Hall–Kier alpha value is -0.400. The minimum Gasteiger partial charge on any atom is -0.489 e. The molecule has 0 spiro atoms. The van der Waals surface area contributed by atoms with Crippen LogP contribution in [0, 0.1) is 12.3 Å². The van der Waals surface area contributed by atoms with E-state index in [4.69, 9.17) is 27.9 Å². The molecule has 3 heteroatoms. The van der Waals surface area contributed by atoms with E-state index in [0.717, 1.165) is 34.7 Å². The van der Waals surface area contributed by atoms with E-state index in [9.17, 15) is 0 Å². The summed E-state index contributed by atoms with van der Waals surface area (Å²) in [6.45, 7) is 10.7. The molecule has 1 fully saturated rings. The van der Waals surface area contributed by atoms with Gasteiger partial charge in [-0.05, 0) is 42.5 Å². The first kappa shape index (κ1) is 16.0. The van der Waals surface area contributed by atoms with Crippen molar-refractivity contribution in [2.24, 2.45) is 5.41 Å². The lowest BCUT2D eigenvalue weighted by Gasteiger charge is -2.50. The molecule has 3 unspecified atom stereocenters. The Morgan fingerprint density at radius 2 is 2.05 bits per heavy atom. The Morgan fingerprint density at radius 3 is 2.55 bits per heavy atom. The standard InChI is InChI=1S/C17H24Cl2O/c1-6-17(5)15(19)9-16(17)20-14-8-12(10(2)3)13(18)7-11(14)4/h7-8,10,15-16H,6,9H2,1-5H3. The Bertz CT molecular complexity index is 498. The van der Waals surface area contributed by atoms with Gasteiger partial charge in [0.1, 0.15) is 11.9 Å². The van der Waals surface area contributed by atoms with Crippen LogP contribution >= 0.6 is 23.2 Å². The van der Waals surface area contributed by atoms with Gasteiger partial charge in [-0.1, -0.05) is 39.3 Å². The molecule has 20 heavy (non-hydrogen) atoms. The van der Waals surface area contributed by atoms with E-state index in [1.807, 2.05) is 13.0 Å². The molecule has 2 rings (SSSR count). The van der Waals surface area contributed by atoms with Crippen LogP contribution < -0.4 is 4.74 Å². The lowest BCUT2D eigenvalue weighted by atomic mass is 9.65. The van der Waals surface area contributed by atoms with Crippen molar-refractivity contribution in [1.29, 1.82) is 0 Å². The average molecular weight is 315 g/mol. The van der Waals surface area contributed by atoms with Gasteiger partial charge in [0.25, 0.3) is 0 Å². The first-order chi connectivity index (χ1) is 9.29. The Labute approximate surface area is 132 Å². The summed E-state index contributed by atoms with van der Waals surface area (Å²) in [7, 11) is 0. The van der Waals surface area contributed by atoms with E-state index >= 15 is 0 Å². The predicted molar refractivity (Wildman–Crippen MR) is 87.4 cm³/mol. The number of aryl methyl sites for hydroxylation is 1. The van der Waals surface area contributed by atoms with Gasteiger partial charge in [-0.15, -0.1) is 11.6 Å². The van der Waals surface area contributed by atoms with E-state index in [1.54, 1.807) is 0 Å². The van der Waals surface area contributed by atoms with E-state index in [2.05, 4.69) is 33.8 Å². The van der Waals surface area contributed by atoms with Crippen molar-refractivity contribution in [3.05, 3.63) is 28.3 Å². The smallest absolute Gasteiger partial charge is 0.123 e. The van der Waals surface area contributed by atoms with E-state index in [0.29, 0.717) is 5.92 Å². The molecule has 0 aromatic heterocycles. The molecule has 112 valence electrons. The van der Waals surface area contributed by atoms with Crippen molar-refractivity contribution in [3.63, 3.8) is 0 Å². The van der Waals surface area contributed by atoms with Gasteiger partial charge in [0.15, 0.2) is 0 Å². The summed E-state index contributed by atoms with van der Waals surface area (Å²) < 4.78 is 6.26. The van der Waals surface area contributed by atoms with Crippen LogP contribution in [-0.2, 0) is 0 Å². The summed E-state index contributed by atoms with van der Waals surface area (Å²) in [6, 6.07) is 4.10. The molecule has 0 saturated heterocycles. The maximum Gasteiger partial charge on any atom is 0.123 e. The summed E-state index contributed by atoms with van der Waals surface area (Å²) in [5.41, 5.74) is 2.31. The fourth-order valence-corrected chi connectivity index (χ4v) is 3.68. The molecule has 0 amide bonds. The quantitative estimate of drug-likeness (QED) is 0.624. The largest absolute Gasteiger partial charge is 0.489 e. The van der Waals surface area contributed by atoms with E-state index in [-0.39, 0.29) is 16.9 Å². The first-order valence-electron chi connectivity index (χ1n) is 7.40. The molecule has 1 aliphatic carbocycles. The van der Waals surface area contributed by atoms with Gasteiger partial charge in [0.2, 0.25) is 0 Å². The van der Waals surface area contributed by atoms with Crippen molar-refractivity contribution >= 4 is 23.2 Å². The van der Waals surface area contributed by atoms with Crippen LogP contribution in [0.15, 0.2) is 12.1 Å². The van der Waals surface area contributed by atoms with Gasteiger partial charge in [0, 0.05) is 22.2 Å². The maximum atomic E-state index is 6.36. The molecule has 1 nitrogen and oxygen atoms in total. The summed E-state index contributed by atoms with van der Waals surface area (Å²) in [6.07, 6.45) is 2.16. The Balaban J connectivity index is 2.24. The number of halogens is 2. The highest BCUT2D eigenvalue weighted by molar-refractivity contribution is 6.31. The second kappa shape index (κ2) is 5.77. The third-order valence-corrected chi connectivity index (χ3v) is 5.82. The van der Waals surface area contributed by atoms with Gasteiger partial charge in [-0.2, -0.15) is 0 Å². The van der Waals surface area contributed by atoms with Crippen LogP contribution in [0.3, 0.4) is 0 Å². The molecule has 0 N–H and O–H groups in total. The van der Waals surface area contributed by atoms with Gasteiger partial charge in [-0.25, -0.2) is 0 Å². The molecule has 3 atom stereocenters. The van der Waals surface area contributed by atoms with Crippen LogP contribution in [0.1, 0.15) is 57.6 Å². The van der Waals surface area contributed by atoms with Crippen molar-refractivity contribution in [2.75, 3.05) is 0 Å². The molecule has 1 saturated carbocycles. The molecule has 1 aromatic rings. The van der Waals surface area contributed by atoms with Crippen molar-refractivity contribution in [1.82, 2.24) is 0 Å². The zero-order valence-electron chi connectivity index (χ0n) is 13.0. The monoisotopic (exact) mass is 314 g/mol. The predicted octanol–water partition coefficient (Wildman–Crippen LogP) is 5.95. The van der Waals surface area contributed by atoms with Crippen LogP contribution in [0.25, 0.3) is 0 Å². The Morgan fingerprint density at radius 1 is 1.40 bits per heavy atom. The minimum atomic E-state index is 0.0750. The topological polar surface area (TPSA) is 9.23 Å².